The summed E-state index contributed by atoms with van der Waals surface area (Å²) in [5.74, 6) is 1.32. The number of quaternary nitrogens is 1. The van der Waals surface area contributed by atoms with Crippen LogP contribution in [0.1, 0.15) is 37.1 Å². The topological polar surface area (TPSA) is 72.7 Å². The Labute approximate surface area is 181 Å². The van der Waals surface area contributed by atoms with Gasteiger partial charge in [-0.3, -0.25) is 0 Å². The zero-order valence-corrected chi connectivity index (χ0v) is 18.7. The molecule has 2 aromatic carbocycles. The lowest BCUT2D eigenvalue weighted by Gasteiger charge is -2.14. The number of ether oxygens (including phenoxy) is 1. The lowest BCUT2D eigenvalue weighted by atomic mass is 10.0. The van der Waals surface area contributed by atoms with E-state index in [1.165, 1.54) is 16.8 Å². The molecule has 3 aromatic rings. The van der Waals surface area contributed by atoms with Gasteiger partial charge in [-0.1, -0.05) is 37.7 Å². The van der Waals surface area contributed by atoms with E-state index in [1.807, 2.05) is 14.1 Å². The van der Waals surface area contributed by atoms with Crippen molar-refractivity contribution in [3.63, 3.8) is 0 Å². The molecule has 8 heteroatoms. The van der Waals surface area contributed by atoms with E-state index < -0.39 is 0 Å². The molecule has 0 radical (unpaired) electrons. The Bertz CT molecular complexity index is 955. The highest BCUT2D eigenvalue weighted by molar-refractivity contribution is 7.99. The van der Waals surface area contributed by atoms with E-state index in [-0.39, 0.29) is 12.3 Å². The molecule has 30 heavy (non-hydrogen) atoms. The van der Waals surface area contributed by atoms with Crippen LogP contribution >= 0.6 is 11.8 Å². The molecule has 0 bridgehead atoms. The molecule has 0 amide bonds. The van der Waals surface area contributed by atoms with Crippen molar-refractivity contribution >= 4 is 17.4 Å². The number of aromatic nitrogens is 4. The van der Waals surface area contributed by atoms with Gasteiger partial charge in [-0.25, -0.2) is 0 Å². The van der Waals surface area contributed by atoms with Gasteiger partial charge in [0.1, 0.15) is 12.6 Å². The SMILES string of the molecule is CC(C)c1ccc(-n2nnnc2SC[C@@H]2C[NH2+][C@@H](c3ccc(N(C)C)cc3)O2)cc1. The highest BCUT2D eigenvalue weighted by Gasteiger charge is 2.30. The summed E-state index contributed by atoms with van der Waals surface area (Å²) in [6.07, 6.45) is 0.202. The number of anilines is 1. The molecule has 0 spiro atoms. The van der Waals surface area contributed by atoms with E-state index in [0.29, 0.717) is 5.92 Å². The van der Waals surface area contributed by atoms with Crippen LogP contribution in [0.3, 0.4) is 0 Å². The first-order valence-corrected chi connectivity index (χ1v) is 11.3. The van der Waals surface area contributed by atoms with Crippen LogP contribution in [-0.4, -0.2) is 52.7 Å². The van der Waals surface area contributed by atoms with Gasteiger partial charge >= 0.3 is 0 Å². The largest absolute Gasteiger partial charge is 0.378 e. The summed E-state index contributed by atoms with van der Waals surface area (Å²) in [5, 5.41) is 15.3. The minimum absolute atomic E-state index is 0.0476. The molecular formula is C22H29N6OS+. The Balaban J connectivity index is 1.35. The molecule has 4 rings (SSSR count). The third-order valence-electron chi connectivity index (χ3n) is 5.33. The third-order valence-corrected chi connectivity index (χ3v) is 6.38. The van der Waals surface area contributed by atoms with Crippen LogP contribution in [-0.2, 0) is 4.74 Å². The van der Waals surface area contributed by atoms with Crippen molar-refractivity contribution in [1.82, 2.24) is 20.2 Å². The van der Waals surface area contributed by atoms with Crippen molar-refractivity contribution < 1.29 is 10.1 Å². The fourth-order valence-electron chi connectivity index (χ4n) is 3.48. The molecule has 1 fully saturated rings. The standard InChI is InChI=1S/C22H28N6OS/c1-15(2)16-5-11-19(12-6-16)28-22(24-25-26-28)30-14-20-13-23-21(29-20)17-7-9-18(10-8-17)27(3)4/h5-12,15,20-21,23H,13-14H2,1-4H3/p+1/t20-,21+/m0/s1. The van der Waals surface area contributed by atoms with Crippen LogP contribution in [0.4, 0.5) is 5.69 Å². The quantitative estimate of drug-likeness (QED) is 0.587. The number of benzene rings is 2. The Morgan fingerprint density at radius 1 is 1.13 bits per heavy atom. The number of thioether (sulfide) groups is 1. The monoisotopic (exact) mass is 425 g/mol. The summed E-state index contributed by atoms with van der Waals surface area (Å²) in [6, 6.07) is 17.0. The van der Waals surface area contributed by atoms with Crippen LogP contribution in [0.25, 0.3) is 5.69 Å². The van der Waals surface area contributed by atoms with Crippen LogP contribution in [0, 0.1) is 0 Å². The molecule has 0 aliphatic carbocycles. The van der Waals surface area contributed by atoms with Gasteiger partial charge in [0.25, 0.3) is 0 Å². The minimum Gasteiger partial charge on any atom is -0.378 e. The number of hydrogen-bond acceptors (Lipinski definition) is 6. The minimum atomic E-state index is 0.0476. The Morgan fingerprint density at radius 2 is 1.87 bits per heavy atom. The second kappa shape index (κ2) is 9.16. The fourth-order valence-corrected chi connectivity index (χ4v) is 4.38. The highest BCUT2D eigenvalue weighted by Crippen LogP contribution is 2.25. The smallest absolute Gasteiger partial charge is 0.217 e. The number of tetrazole rings is 1. The third kappa shape index (κ3) is 4.66. The lowest BCUT2D eigenvalue weighted by Crippen LogP contribution is -2.82. The first-order valence-electron chi connectivity index (χ1n) is 10.3. The van der Waals surface area contributed by atoms with Gasteiger partial charge in [0.15, 0.2) is 0 Å². The molecule has 2 heterocycles. The molecule has 158 valence electrons. The Morgan fingerprint density at radius 3 is 2.53 bits per heavy atom. The first-order chi connectivity index (χ1) is 14.5. The second-order valence-corrected chi connectivity index (χ2v) is 9.05. The molecule has 1 aromatic heterocycles. The molecule has 2 N–H and O–H groups in total. The molecule has 0 unspecified atom stereocenters. The van der Waals surface area contributed by atoms with Crippen molar-refractivity contribution in [1.29, 1.82) is 0 Å². The first kappa shape index (κ1) is 20.8. The van der Waals surface area contributed by atoms with Crippen LogP contribution < -0.4 is 10.2 Å². The zero-order chi connectivity index (χ0) is 21.1. The number of nitrogens with two attached hydrogens (primary N) is 1. The number of nitrogens with zero attached hydrogens (tertiary/aromatic N) is 5. The summed E-state index contributed by atoms with van der Waals surface area (Å²) in [4.78, 5) is 2.10. The van der Waals surface area contributed by atoms with Gasteiger partial charge in [-0.15, -0.1) is 5.10 Å². The summed E-state index contributed by atoms with van der Waals surface area (Å²) >= 11 is 1.64. The van der Waals surface area contributed by atoms with Crippen molar-refractivity contribution in [2.75, 3.05) is 31.3 Å². The van der Waals surface area contributed by atoms with Gasteiger partial charge in [-0.05, 0) is 58.3 Å². The van der Waals surface area contributed by atoms with Crippen molar-refractivity contribution in [3.05, 3.63) is 59.7 Å². The predicted molar refractivity (Wildman–Crippen MR) is 119 cm³/mol. The van der Waals surface area contributed by atoms with E-state index in [1.54, 1.807) is 16.4 Å². The van der Waals surface area contributed by atoms with E-state index in [4.69, 9.17) is 4.74 Å². The van der Waals surface area contributed by atoms with Crippen molar-refractivity contribution in [2.45, 2.75) is 37.3 Å². The molecule has 2 atom stereocenters. The average molecular weight is 426 g/mol. The van der Waals surface area contributed by atoms with Gasteiger partial charge in [-0.2, -0.15) is 4.68 Å². The summed E-state index contributed by atoms with van der Waals surface area (Å²) in [6.45, 7) is 5.31. The molecular weight excluding hydrogens is 396 g/mol. The molecule has 7 nitrogen and oxygen atoms in total. The molecule has 1 saturated heterocycles. The highest BCUT2D eigenvalue weighted by atomic mass is 32.2. The summed E-state index contributed by atoms with van der Waals surface area (Å²) < 4.78 is 8.06. The normalized spacial score (nSPS) is 18.8. The Hall–Kier alpha value is -2.42. The summed E-state index contributed by atoms with van der Waals surface area (Å²) in [7, 11) is 4.10. The Kier molecular flexibility index (Phi) is 6.36. The van der Waals surface area contributed by atoms with E-state index in [0.717, 1.165) is 23.1 Å². The number of hydrogen-bond donors (Lipinski definition) is 1. The second-order valence-electron chi connectivity index (χ2n) is 8.07. The van der Waals surface area contributed by atoms with Gasteiger partial charge in [0.05, 0.1) is 5.69 Å². The maximum atomic E-state index is 6.27. The maximum Gasteiger partial charge on any atom is 0.217 e. The maximum absolute atomic E-state index is 6.27. The van der Waals surface area contributed by atoms with E-state index in [2.05, 4.69) is 88.1 Å². The number of rotatable bonds is 7. The lowest BCUT2D eigenvalue weighted by molar-refractivity contribution is -0.697. The summed E-state index contributed by atoms with van der Waals surface area (Å²) in [5.41, 5.74) is 4.67. The molecule has 1 aliphatic heterocycles. The van der Waals surface area contributed by atoms with Crippen molar-refractivity contribution in [2.24, 2.45) is 0 Å². The van der Waals surface area contributed by atoms with Gasteiger partial charge in [0, 0.05) is 31.1 Å². The average Bonchev–Trinajstić information content (AvgIpc) is 3.42. The predicted octanol–water partition coefficient (Wildman–Crippen LogP) is 2.60. The van der Waals surface area contributed by atoms with Gasteiger partial charge in [0.2, 0.25) is 11.4 Å². The van der Waals surface area contributed by atoms with E-state index in [9.17, 15) is 0 Å². The van der Waals surface area contributed by atoms with Crippen LogP contribution in [0.5, 0.6) is 0 Å². The van der Waals surface area contributed by atoms with Crippen molar-refractivity contribution in [3.8, 4) is 5.69 Å². The zero-order valence-electron chi connectivity index (χ0n) is 17.9. The van der Waals surface area contributed by atoms with Crippen LogP contribution in [0.2, 0.25) is 0 Å². The van der Waals surface area contributed by atoms with Crippen LogP contribution in [0.15, 0.2) is 53.7 Å². The van der Waals surface area contributed by atoms with E-state index >= 15 is 0 Å². The molecule has 1 aliphatic rings. The fraction of sp³-hybridized carbons (Fsp3) is 0.409. The van der Waals surface area contributed by atoms with Gasteiger partial charge < -0.3 is 15.0 Å². The molecule has 0 saturated carbocycles.